The van der Waals surface area contributed by atoms with E-state index in [-0.39, 0.29) is 15.8 Å². The van der Waals surface area contributed by atoms with Gasteiger partial charge in [0.25, 0.3) is 10.0 Å². The topological polar surface area (TPSA) is 110 Å². The maximum atomic E-state index is 12.0. The number of rotatable bonds is 4. The van der Waals surface area contributed by atoms with Gasteiger partial charge in [-0.25, -0.2) is 24.2 Å². The standard InChI is InChI=1S/C8H8BrN5O2S2/c9-6-4-12-8(17-6)14-18(15,16)5-1-2-11-7(3-5)13-10/h1-4H,10H2,(H,11,13)(H,12,14). The fraction of sp³-hybridized carbons (Fsp3) is 0. The summed E-state index contributed by atoms with van der Waals surface area (Å²) in [5, 5.41) is 0.279. The van der Waals surface area contributed by atoms with Gasteiger partial charge in [-0.05, 0) is 22.0 Å². The van der Waals surface area contributed by atoms with Gasteiger partial charge in [-0.2, -0.15) is 0 Å². The van der Waals surface area contributed by atoms with Crippen molar-refractivity contribution in [2.24, 2.45) is 5.84 Å². The minimum Gasteiger partial charge on any atom is -0.308 e. The number of thiazole rings is 1. The maximum absolute atomic E-state index is 12.0. The summed E-state index contributed by atoms with van der Waals surface area (Å²) in [5.74, 6) is 5.44. The fourth-order valence-electron chi connectivity index (χ4n) is 1.13. The van der Waals surface area contributed by atoms with Crippen molar-refractivity contribution in [3.63, 3.8) is 0 Å². The molecule has 0 atom stereocenters. The zero-order chi connectivity index (χ0) is 13.2. The number of nitrogen functional groups attached to an aromatic ring is 1. The minimum absolute atomic E-state index is 0.0526. The number of nitrogens with zero attached hydrogens (tertiary/aromatic N) is 2. The summed E-state index contributed by atoms with van der Waals surface area (Å²) in [6, 6.07) is 2.69. The van der Waals surface area contributed by atoms with Crippen LogP contribution in [0, 0.1) is 0 Å². The van der Waals surface area contributed by atoms with Crippen LogP contribution in [0.3, 0.4) is 0 Å². The van der Waals surface area contributed by atoms with E-state index in [0.29, 0.717) is 0 Å². The lowest BCUT2D eigenvalue weighted by Crippen LogP contribution is -2.14. The van der Waals surface area contributed by atoms with E-state index >= 15 is 0 Å². The molecule has 0 unspecified atom stereocenters. The van der Waals surface area contributed by atoms with Crippen LogP contribution in [0.2, 0.25) is 0 Å². The second-order valence-electron chi connectivity index (χ2n) is 3.10. The number of hydrogen-bond donors (Lipinski definition) is 3. The highest BCUT2D eigenvalue weighted by Crippen LogP contribution is 2.25. The van der Waals surface area contributed by atoms with Gasteiger partial charge in [0.15, 0.2) is 5.13 Å². The Labute approximate surface area is 116 Å². The van der Waals surface area contributed by atoms with Crippen molar-refractivity contribution in [3.8, 4) is 0 Å². The van der Waals surface area contributed by atoms with E-state index in [1.165, 1.54) is 35.9 Å². The fourth-order valence-corrected chi connectivity index (χ4v) is 3.49. The summed E-state index contributed by atoms with van der Waals surface area (Å²) in [5.41, 5.74) is 2.28. The third kappa shape index (κ3) is 2.96. The van der Waals surface area contributed by atoms with Crippen molar-refractivity contribution < 1.29 is 8.42 Å². The Bertz CT molecular complexity index is 657. The highest BCUT2D eigenvalue weighted by Gasteiger charge is 2.16. The molecule has 0 saturated carbocycles. The van der Waals surface area contributed by atoms with Gasteiger partial charge in [0.1, 0.15) is 5.82 Å². The molecule has 0 aliphatic carbocycles. The molecule has 0 radical (unpaired) electrons. The number of aromatic nitrogens is 2. The average Bonchev–Trinajstić information content (AvgIpc) is 2.74. The van der Waals surface area contributed by atoms with Gasteiger partial charge in [0.05, 0.1) is 14.9 Å². The van der Waals surface area contributed by atoms with Crippen LogP contribution in [0.1, 0.15) is 0 Å². The molecule has 0 aliphatic heterocycles. The zero-order valence-electron chi connectivity index (χ0n) is 8.79. The average molecular weight is 350 g/mol. The van der Waals surface area contributed by atoms with Crippen molar-refractivity contribution in [2.75, 3.05) is 10.1 Å². The van der Waals surface area contributed by atoms with Gasteiger partial charge in [-0.1, -0.05) is 11.3 Å². The first-order valence-electron chi connectivity index (χ1n) is 4.58. The van der Waals surface area contributed by atoms with Crippen LogP contribution in [-0.4, -0.2) is 18.4 Å². The smallest absolute Gasteiger partial charge is 0.263 e. The van der Waals surface area contributed by atoms with E-state index in [9.17, 15) is 8.42 Å². The second-order valence-corrected chi connectivity index (χ2v) is 7.19. The van der Waals surface area contributed by atoms with Gasteiger partial charge < -0.3 is 5.43 Å². The van der Waals surface area contributed by atoms with E-state index in [2.05, 4.69) is 36.0 Å². The third-order valence-electron chi connectivity index (χ3n) is 1.89. The molecule has 0 spiro atoms. The zero-order valence-corrected chi connectivity index (χ0v) is 12.0. The molecule has 2 aromatic rings. The summed E-state index contributed by atoms with van der Waals surface area (Å²) in [6.45, 7) is 0. The molecule has 10 heteroatoms. The molecule has 0 bridgehead atoms. The lowest BCUT2D eigenvalue weighted by molar-refractivity contribution is 0.601. The number of nitrogens with two attached hydrogens (primary N) is 1. The molecule has 2 heterocycles. The van der Waals surface area contributed by atoms with Gasteiger partial charge in [-0.3, -0.25) is 4.72 Å². The maximum Gasteiger partial charge on any atom is 0.263 e. The van der Waals surface area contributed by atoms with Crippen molar-refractivity contribution in [1.29, 1.82) is 0 Å². The number of hydrogen-bond acceptors (Lipinski definition) is 7. The SMILES string of the molecule is NNc1cc(S(=O)(=O)Nc2ncc(Br)s2)ccn1. The molecule has 0 saturated heterocycles. The van der Waals surface area contributed by atoms with E-state index in [0.717, 1.165) is 3.79 Å². The Hall–Kier alpha value is -1.23. The van der Waals surface area contributed by atoms with Crippen LogP contribution >= 0.6 is 27.3 Å². The quantitative estimate of drug-likeness (QED) is 0.568. The summed E-state index contributed by atoms with van der Waals surface area (Å²) in [7, 11) is -3.69. The molecule has 2 aromatic heterocycles. The Morgan fingerprint density at radius 1 is 1.39 bits per heavy atom. The van der Waals surface area contributed by atoms with Crippen LogP contribution in [-0.2, 0) is 10.0 Å². The molecule has 7 nitrogen and oxygen atoms in total. The summed E-state index contributed by atoms with van der Waals surface area (Å²) in [6.07, 6.45) is 2.86. The van der Waals surface area contributed by atoms with E-state index in [4.69, 9.17) is 5.84 Å². The highest BCUT2D eigenvalue weighted by molar-refractivity contribution is 9.11. The lowest BCUT2D eigenvalue weighted by atomic mass is 10.5. The molecule has 0 fully saturated rings. The van der Waals surface area contributed by atoms with Crippen LogP contribution in [0.4, 0.5) is 10.9 Å². The molecule has 4 N–H and O–H groups in total. The van der Waals surface area contributed by atoms with Crippen LogP contribution < -0.4 is 16.0 Å². The molecule has 18 heavy (non-hydrogen) atoms. The number of anilines is 2. The van der Waals surface area contributed by atoms with Crippen molar-refractivity contribution >= 4 is 48.2 Å². The molecule has 0 amide bonds. The van der Waals surface area contributed by atoms with Gasteiger partial charge in [0, 0.05) is 12.3 Å². The monoisotopic (exact) mass is 349 g/mol. The molecule has 0 aliphatic rings. The highest BCUT2D eigenvalue weighted by atomic mass is 79.9. The molecular formula is C8H8BrN5O2S2. The Balaban J connectivity index is 2.30. The van der Waals surface area contributed by atoms with Crippen molar-refractivity contribution in [1.82, 2.24) is 9.97 Å². The van der Waals surface area contributed by atoms with E-state index in [1.54, 1.807) is 0 Å². The normalized spacial score (nSPS) is 11.2. The summed E-state index contributed by atoms with van der Waals surface area (Å²) in [4.78, 5) is 7.78. The predicted molar refractivity (Wildman–Crippen MR) is 72.7 cm³/mol. The van der Waals surface area contributed by atoms with Crippen molar-refractivity contribution in [2.45, 2.75) is 4.90 Å². The largest absolute Gasteiger partial charge is 0.308 e. The molecule has 2 rings (SSSR count). The van der Waals surface area contributed by atoms with Gasteiger partial charge in [0.2, 0.25) is 0 Å². The van der Waals surface area contributed by atoms with E-state index < -0.39 is 10.0 Å². The first-order valence-corrected chi connectivity index (χ1v) is 7.67. The first kappa shape index (κ1) is 13.2. The molecular weight excluding hydrogens is 342 g/mol. The van der Waals surface area contributed by atoms with Crippen molar-refractivity contribution in [3.05, 3.63) is 28.3 Å². The number of sulfonamides is 1. The second kappa shape index (κ2) is 5.18. The first-order chi connectivity index (χ1) is 8.51. The van der Waals surface area contributed by atoms with Gasteiger partial charge >= 0.3 is 0 Å². The number of pyridine rings is 1. The minimum atomic E-state index is -3.69. The predicted octanol–water partition coefficient (Wildman–Crippen LogP) is 1.39. The van der Waals surface area contributed by atoms with Gasteiger partial charge in [-0.15, -0.1) is 0 Å². The van der Waals surface area contributed by atoms with Crippen LogP contribution in [0.15, 0.2) is 33.2 Å². The van der Waals surface area contributed by atoms with Crippen LogP contribution in [0.25, 0.3) is 0 Å². The number of nitrogens with one attached hydrogen (secondary N) is 2. The summed E-state index contributed by atoms with van der Waals surface area (Å²) >= 11 is 4.38. The van der Waals surface area contributed by atoms with Crippen LogP contribution in [0.5, 0.6) is 0 Å². The lowest BCUT2D eigenvalue weighted by Gasteiger charge is -2.06. The molecule has 96 valence electrons. The molecule has 0 aromatic carbocycles. The Morgan fingerprint density at radius 2 is 2.17 bits per heavy atom. The number of hydrazine groups is 1. The summed E-state index contributed by atoms with van der Waals surface area (Å²) < 4.78 is 27.1. The Kier molecular flexibility index (Phi) is 3.80. The van der Waals surface area contributed by atoms with E-state index in [1.807, 2.05) is 0 Å². The number of halogens is 1. The third-order valence-corrected chi connectivity index (χ3v) is 4.75. The Morgan fingerprint density at radius 3 is 2.78 bits per heavy atom.